The maximum Gasteiger partial charge on any atom is 0.469 e. The Morgan fingerprint density at radius 1 is 0.478 bits per heavy atom. The van der Waals surface area contributed by atoms with Crippen molar-refractivity contribution in [2.24, 2.45) is 0 Å². The molecule has 0 aliphatic carbocycles. The number of hydrogen-bond acceptors (Lipinski definition) is 6. The van der Waals surface area contributed by atoms with Gasteiger partial charge in [0, 0.05) is 12.8 Å². The van der Waals surface area contributed by atoms with Crippen LogP contribution in [-0.2, 0) is 28.2 Å². The first-order valence-corrected chi connectivity index (χ1v) is 20.9. The van der Waals surface area contributed by atoms with E-state index in [9.17, 15) is 14.2 Å². The maximum absolute atomic E-state index is 12.2. The molecule has 0 rings (SSSR count). The Labute approximate surface area is 283 Å². The normalized spacial score (nSPS) is 12.3. The summed E-state index contributed by atoms with van der Waals surface area (Å²) in [7, 11) is -4.73. The molecule has 0 aromatic heterocycles. The summed E-state index contributed by atoms with van der Waals surface area (Å²) in [6, 6.07) is 0. The van der Waals surface area contributed by atoms with E-state index in [4.69, 9.17) is 19.3 Å². The molecule has 0 aromatic carbocycles. The molecule has 0 bridgehead atoms. The van der Waals surface area contributed by atoms with Crippen molar-refractivity contribution in [3.05, 3.63) is 0 Å². The van der Waals surface area contributed by atoms with Gasteiger partial charge in [-0.2, -0.15) is 0 Å². The van der Waals surface area contributed by atoms with Crippen LogP contribution in [0.1, 0.15) is 206 Å². The van der Waals surface area contributed by atoms with Crippen molar-refractivity contribution in [1.82, 2.24) is 0 Å². The summed E-state index contributed by atoms with van der Waals surface area (Å²) in [6.07, 6.45) is 34.3. The fourth-order valence-corrected chi connectivity index (χ4v) is 6.09. The van der Waals surface area contributed by atoms with Crippen molar-refractivity contribution >= 4 is 19.8 Å². The predicted octanol–water partition coefficient (Wildman–Crippen LogP) is 11.3. The van der Waals surface area contributed by atoms with Crippen LogP contribution in [0.25, 0.3) is 0 Å². The molecule has 0 aliphatic heterocycles. The van der Waals surface area contributed by atoms with Gasteiger partial charge in [0.25, 0.3) is 0 Å². The summed E-state index contributed by atoms with van der Waals surface area (Å²) in [6.45, 7) is 3.64. The molecule has 46 heavy (non-hydrogen) atoms. The van der Waals surface area contributed by atoms with E-state index < -0.39 is 32.5 Å². The minimum atomic E-state index is -4.73. The largest absolute Gasteiger partial charge is 0.469 e. The van der Waals surface area contributed by atoms with Gasteiger partial charge in [-0.3, -0.25) is 14.1 Å². The first-order valence-electron chi connectivity index (χ1n) is 19.3. The lowest BCUT2D eigenvalue weighted by Crippen LogP contribution is -2.29. The van der Waals surface area contributed by atoms with Crippen molar-refractivity contribution in [3.8, 4) is 0 Å². The number of carbonyl (C=O) groups excluding carboxylic acids is 2. The van der Waals surface area contributed by atoms with Gasteiger partial charge in [0.2, 0.25) is 0 Å². The standard InChI is InChI=1S/C37H73O8P/c1-3-5-7-9-11-12-13-14-15-16-17-18-19-20-21-22-23-24-26-27-29-31-36(38)43-33-35(34-44-46(40,41)42)45-37(39)32-30-28-25-10-8-6-4-2/h35H,3-34H2,1-2H3,(H2,40,41,42)/t35-/m1/s1. The molecular formula is C37H73O8P. The van der Waals surface area contributed by atoms with Crippen LogP contribution in [0.5, 0.6) is 0 Å². The molecule has 8 nitrogen and oxygen atoms in total. The quantitative estimate of drug-likeness (QED) is 0.0382. The Kier molecular flexibility index (Phi) is 33.2. The predicted molar refractivity (Wildman–Crippen MR) is 189 cm³/mol. The van der Waals surface area contributed by atoms with E-state index in [1.165, 1.54) is 135 Å². The molecule has 0 amide bonds. The summed E-state index contributed by atoms with van der Waals surface area (Å²) < 4.78 is 26.2. The number of phosphoric acid groups is 1. The lowest BCUT2D eigenvalue weighted by Gasteiger charge is -2.18. The number of ether oxygens (including phenoxy) is 2. The molecule has 0 aliphatic rings. The van der Waals surface area contributed by atoms with Gasteiger partial charge in [0.15, 0.2) is 6.10 Å². The van der Waals surface area contributed by atoms with Crippen LogP contribution in [-0.4, -0.2) is 41.0 Å². The molecule has 0 spiro atoms. The first-order chi connectivity index (χ1) is 22.3. The van der Waals surface area contributed by atoms with Gasteiger partial charge in [0.05, 0.1) is 6.61 Å². The fourth-order valence-electron chi connectivity index (χ4n) is 5.73. The van der Waals surface area contributed by atoms with Crippen LogP contribution < -0.4 is 0 Å². The molecular weight excluding hydrogens is 603 g/mol. The van der Waals surface area contributed by atoms with Gasteiger partial charge in [-0.1, -0.05) is 181 Å². The highest BCUT2D eigenvalue weighted by atomic mass is 31.2. The van der Waals surface area contributed by atoms with Crippen molar-refractivity contribution in [1.29, 1.82) is 0 Å². The summed E-state index contributed by atoms with van der Waals surface area (Å²) in [5, 5.41) is 0. The van der Waals surface area contributed by atoms with Crippen molar-refractivity contribution in [3.63, 3.8) is 0 Å². The van der Waals surface area contributed by atoms with E-state index in [-0.39, 0.29) is 19.4 Å². The van der Waals surface area contributed by atoms with Gasteiger partial charge < -0.3 is 19.3 Å². The second kappa shape index (κ2) is 33.9. The molecule has 9 heteroatoms. The van der Waals surface area contributed by atoms with Crippen molar-refractivity contribution < 1.29 is 37.9 Å². The Morgan fingerprint density at radius 3 is 1.11 bits per heavy atom. The molecule has 0 saturated heterocycles. The number of carbonyl (C=O) groups is 2. The minimum Gasteiger partial charge on any atom is -0.462 e. The number of esters is 2. The maximum atomic E-state index is 12.2. The van der Waals surface area contributed by atoms with Gasteiger partial charge in [-0.15, -0.1) is 0 Å². The number of hydrogen-bond donors (Lipinski definition) is 2. The molecule has 0 unspecified atom stereocenters. The lowest BCUT2D eigenvalue weighted by atomic mass is 10.0. The third kappa shape index (κ3) is 35.9. The van der Waals surface area contributed by atoms with Crippen LogP contribution in [0.3, 0.4) is 0 Å². The molecule has 0 saturated carbocycles. The summed E-state index contributed by atoms with van der Waals surface area (Å²) in [4.78, 5) is 42.4. The van der Waals surface area contributed by atoms with Crippen molar-refractivity contribution in [2.75, 3.05) is 13.2 Å². The topological polar surface area (TPSA) is 119 Å². The van der Waals surface area contributed by atoms with Gasteiger partial charge in [-0.25, -0.2) is 4.57 Å². The summed E-state index contributed by atoms with van der Waals surface area (Å²) >= 11 is 0. The van der Waals surface area contributed by atoms with Crippen LogP contribution >= 0.6 is 7.82 Å². The Balaban J connectivity index is 3.74. The van der Waals surface area contributed by atoms with E-state index in [0.717, 1.165) is 38.5 Å². The third-order valence-electron chi connectivity index (χ3n) is 8.63. The smallest absolute Gasteiger partial charge is 0.462 e. The average molecular weight is 677 g/mol. The second-order valence-corrected chi connectivity index (χ2v) is 14.5. The Morgan fingerprint density at radius 2 is 0.783 bits per heavy atom. The van der Waals surface area contributed by atoms with Crippen LogP contribution in [0.4, 0.5) is 0 Å². The molecule has 0 radical (unpaired) electrons. The van der Waals surface area contributed by atoms with Crippen LogP contribution in [0.15, 0.2) is 0 Å². The van der Waals surface area contributed by atoms with E-state index in [2.05, 4.69) is 18.4 Å². The highest BCUT2D eigenvalue weighted by Gasteiger charge is 2.22. The average Bonchev–Trinajstić information content (AvgIpc) is 3.02. The zero-order valence-corrected chi connectivity index (χ0v) is 30.9. The fraction of sp³-hybridized carbons (Fsp3) is 0.946. The summed E-state index contributed by atoms with van der Waals surface area (Å²) in [5.41, 5.74) is 0. The molecule has 0 aromatic rings. The van der Waals surface area contributed by atoms with E-state index in [1.807, 2.05) is 0 Å². The number of rotatable bonds is 36. The third-order valence-corrected chi connectivity index (χ3v) is 9.11. The SMILES string of the molecule is CCCCCCCCCCCCCCCCCCCCCCCC(=O)OC[C@H](COP(=O)(O)O)OC(=O)CCCCCCCCC. The zero-order valence-electron chi connectivity index (χ0n) is 30.0. The van der Waals surface area contributed by atoms with E-state index >= 15 is 0 Å². The minimum absolute atomic E-state index is 0.216. The van der Waals surface area contributed by atoms with Gasteiger partial charge in [0.1, 0.15) is 6.61 Å². The molecule has 0 heterocycles. The number of unbranched alkanes of at least 4 members (excludes halogenated alkanes) is 26. The monoisotopic (exact) mass is 677 g/mol. The lowest BCUT2D eigenvalue weighted by molar-refractivity contribution is -0.161. The Bertz CT molecular complexity index is 726. The highest BCUT2D eigenvalue weighted by Crippen LogP contribution is 2.36. The molecule has 2 N–H and O–H groups in total. The highest BCUT2D eigenvalue weighted by molar-refractivity contribution is 7.46. The first kappa shape index (κ1) is 45.0. The van der Waals surface area contributed by atoms with Crippen LogP contribution in [0, 0.1) is 0 Å². The summed E-state index contributed by atoms with van der Waals surface area (Å²) in [5.74, 6) is -0.879. The van der Waals surface area contributed by atoms with E-state index in [1.54, 1.807) is 0 Å². The molecule has 1 atom stereocenters. The van der Waals surface area contributed by atoms with Gasteiger partial charge >= 0.3 is 19.8 Å². The Hall–Kier alpha value is -0.950. The zero-order chi connectivity index (χ0) is 34.0. The molecule has 0 fully saturated rings. The van der Waals surface area contributed by atoms with E-state index in [0.29, 0.717) is 6.42 Å². The second-order valence-electron chi connectivity index (χ2n) is 13.3. The van der Waals surface area contributed by atoms with Gasteiger partial charge in [-0.05, 0) is 12.8 Å². The number of phosphoric ester groups is 1. The van der Waals surface area contributed by atoms with Crippen molar-refractivity contribution in [2.45, 2.75) is 213 Å². The van der Waals surface area contributed by atoms with Crippen LogP contribution in [0.2, 0.25) is 0 Å². The molecule has 274 valence electrons.